The lowest BCUT2D eigenvalue weighted by Gasteiger charge is -2.20. The SMILES string of the molecule is CCCNCC1CCN(c2cnccc2C)C1. The van der Waals surface area contributed by atoms with Crippen LogP contribution in [0.15, 0.2) is 18.5 Å². The van der Waals surface area contributed by atoms with Crippen molar-refractivity contribution in [2.24, 2.45) is 5.92 Å². The van der Waals surface area contributed by atoms with Gasteiger partial charge in [0.1, 0.15) is 0 Å². The fraction of sp³-hybridized carbons (Fsp3) is 0.643. The summed E-state index contributed by atoms with van der Waals surface area (Å²) in [5, 5.41) is 3.52. The molecule has 1 fully saturated rings. The van der Waals surface area contributed by atoms with Crippen molar-refractivity contribution in [2.75, 3.05) is 31.1 Å². The van der Waals surface area contributed by atoms with Gasteiger partial charge < -0.3 is 10.2 Å². The molecular weight excluding hydrogens is 210 g/mol. The molecule has 1 atom stereocenters. The first-order valence-electron chi connectivity index (χ1n) is 6.67. The Hall–Kier alpha value is -1.09. The minimum absolute atomic E-state index is 0.793. The number of hydrogen-bond acceptors (Lipinski definition) is 3. The van der Waals surface area contributed by atoms with Gasteiger partial charge in [0.2, 0.25) is 0 Å². The van der Waals surface area contributed by atoms with Crippen LogP contribution < -0.4 is 10.2 Å². The number of anilines is 1. The Morgan fingerprint density at radius 3 is 3.18 bits per heavy atom. The molecule has 0 amide bonds. The van der Waals surface area contributed by atoms with Gasteiger partial charge in [-0.05, 0) is 50.4 Å². The van der Waals surface area contributed by atoms with E-state index in [1.54, 1.807) is 0 Å². The van der Waals surface area contributed by atoms with E-state index in [1.807, 2.05) is 12.4 Å². The Kier molecular flexibility index (Phi) is 4.37. The summed E-state index contributed by atoms with van der Waals surface area (Å²) in [6, 6.07) is 2.10. The molecule has 0 aliphatic carbocycles. The Labute approximate surface area is 104 Å². The largest absolute Gasteiger partial charge is 0.370 e. The first kappa shape index (κ1) is 12.4. The fourth-order valence-corrected chi connectivity index (χ4v) is 2.49. The number of pyridine rings is 1. The maximum Gasteiger partial charge on any atom is 0.0582 e. The number of nitrogens with zero attached hydrogens (tertiary/aromatic N) is 2. The summed E-state index contributed by atoms with van der Waals surface area (Å²) in [6.07, 6.45) is 6.38. The molecule has 1 aromatic heterocycles. The van der Waals surface area contributed by atoms with Gasteiger partial charge >= 0.3 is 0 Å². The van der Waals surface area contributed by atoms with Gasteiger partial charge in [-0.2, -0.15) is 0 Å². The number of rotatable bonds is 5. The van der Waals surface area contributed by atoms with E-state index < -0.39 is 0 Å². The Balaban J connectivity index is 1.87. The Bertz CT molecular complexity index is 351. The normalized spacial score (nSPS) is 19.9. The van der Waals surface area contributed by atoms with E-state index in [0.29, 0.717) is 0 Å². The first-order valence-corrected chi connectivity index (χ1v) is 6.67. The molecule has 3 nitrogen and oxygen atoms in total. The van der Waals surface area contributed by atoms with E-state index >= 15 is 0 Å². The zero-order chi connectivity index (χ0) is 12.1. The molecule has 0 radical (unpaired) electrons. The average molecular weight is 233 g/mol. The highest BCUT2D eigenvalue weighted by molar-refractivity contribution is 5.51. The molecule has 1 N–H and O–H groups in total. The number of aromatic nitrogens is 1. The van der Waals surface area contributed by atoms with Crippen LogP contribution in [-0.4, -0.2) is 31.2 Å². The molecule has 0 saturated carbocycles. The highest BCUT2D eigenvalue weighted by Crippen LogP contribution is 2.25. The molecule has 1 aliphatic heterocycles. The second kappa shape index (κ2) is 6.01. The van der Waals surface area contributed by atoms with Gasteiger partial charge in [-0.25, -0.2) is 0 Å². The Morgan fingerprint density at radius 1 is 1.53 bits per heavy atom. The minimum atomic E-state index is 0.793. The summed E-state index contributed by atoms with van der Waals surface area (Å²) in [7, 11) is 0. The van der Waals surface area contributed by atoms with Gasteiger partial charge in [-0.15, -0.1) is 0 Å². The van der Waals surface area contributed by atoms with Crippen LogP contribution in [0.4, 0.5) is 5.69 Å². The van der Waals surface area contributed by atoms with E-state index in [1.165, 1.54) is 37.2 Å². The second-order valence-corrected chi connectivity index (χ2v) is 4.97. The standard InChI is InChI=1S/C14H23N3/c1-3-6-15-9-13-5-8-17(11-13)14-10-16-7-4-12(14)2/h4,7,10,13,15H,3,5-6,8-9,11H2,1-2H3. The first-order chi connectivity index (χ1) is 8.31. The van der Waals surface area contributed by atoms with Gasteiger partial charge in [0.15, 0.2) is 0 Å². The molecule has 94 valence electrons. The van der Waals surface area contributed by atoms with Crippen LogP contribution in [0.5, 0.6) is 0 Å². The summed E-state index contributed by atoms with van der Waals surface area (Å²) in [5.41, 5.74) is 2.65. The summed E-state index contributed by atoms with van der Waals surface area (Å²) in [6.45, 7) is 9.02. The third-order valence-corrected chi connectivity index (χ3v) is 3.50. The summed E-state index contributed by atoms with van der Waals surface area (Å²) >= 11 is 0. The molecule has 0 bridgehead atoms. The zero-order valence-electron chi connectivity index (χ0n) is 10.9. The predicted molar refractivity (Wildman–Crippen MR) is 72.5 cm³/mol. The van der Waals surface area contributed by atoms with E-state index in [0.717, 1.165) is 19.0 Å². The third kappa shape index (κ3) is 3.19. The summed E-state index contributed by atoms with van der Waals surface area (Å²) in [5.74, 6) is 0.793. The predicted octanol–water partition coefficient (Wildman–Crippen LogP) is 2.22. The quantitative estimate of drug-likeness (QED) is 0.790. The van der Waals surface area contributed by atoms with Crippen molar-refractivity contribution in [2.45, 2.75) is 26.7 Å². The van der Waals surface area contributed by atoms with Gasteiger partial charge in [0.25, 0.3) is 0 Å². The zero-order valence-corrected chi connectivity index (χ0v) is 10.9. The van der Waals surface area contributed by atoms with Crippen LogP contribution >= 0.6 is 0 Å². The molecule has 1 saturated heterocycles. The molecule has 2 rings (SSSR count). The Morgan fingerprint density at radius 2 is 2.41 bits per heavy atom. The van der Waals surface area contributed by atoms with E-state index in [-0.39, 0.29) is 0 Å². The van der Waals surface area contributed by atoms with Gasteiger partial charge in [0, 0.05) is 19.3 Å². The average Bonchev–Trinajstić information content (AvgIpc) is 2.79. The lowest BCUT2D eigenvalue weighted by molar-refractivity contribution is 0.516. The van der Waals surface area contributed by atoms with Crippen LogP contribution in [0.3, 0.4) is 0 Å². The molecule has 1 aromatic rings. The highest BCUT2D eigenvalue weighted by Gasteiger charge is 2.23. The van der Waals surface area contributed by atoms with Crippen LogP contribution in [0.2, 0.25) is 0 Å². The maximum absolute atomic E-state index is 4.23. The van der Waals surface area contributed by atoms with Crippen molar-refractivity contribution >= 4 is 5.69 Å². The van der Waals surface area contributed by atoms with Gasteiger partial charge in [-0.3, -0.25) is 4.98 Å². The minimum Gasteiger partial charge on any atom is -0.370 e. The molecule has 2 heterocycles. The number of nitrogens with one attached hydrogen (secondary N) is 1. The van der Waals surface area contributed by atoms with Gasteiger partial charge in [-0.1, -0.05) is 6.92 Å². The number of aryl methyl sites for hydroxylation is 1. The lowest BCUT2D eigenvalue weighted by atomic mass is 10.1. The van der Waals surface area contributed by atoms with Crippen molar-refractivity contribution in [1.29, 1.82) is 0 Å². The molecule has 1 aliphatic rings. The summed E-state index contributed by atoms with van der Waals surface area (Å²) in [4.78, 5) is 6.71. The van der Waals surface area contributed by atoms with E-state index in [4.69, 9.17) is 0 Å². The van der Waals surface area contributed by atoms with Crippen molar-refractivity contribution in [3.05, 3.63) is 24.0 Å². The third-order valence-electron chi connectivity index (χ3n) is 3.50. The lowest BCUT2D eigenvalue weighted by Crippen LogP contribution is -2.27. The van der Waals surface area contributed by atoms with Crippen LogP contribution in [0, 0.1) is 12.8 Å². The summed E-state index contributed by atoms with van der Waals surface area (Å²) < 4.78 is 0. The topological polar surface area (TPSA) is 28.2 Å². The van der Waals surface area contributed by atoms with E-state index in [2.05, 4.69) is 35.1 Å². The second-order valence-electron chi connectivity index (χ2n) is 4.97. The van der Waals surface area contributed by atoms with Crippen molar-refractivity contribution < 1.29 is 0 Å². The maximum atomic E-state index is 4.23. The molecule has 0 spiro atoms. The molecule has 1 unspecified atom stereocenters. The molecular formula is C14H23N3. The molecule has 0 aromatic carbocycles. The molecule has 17 heavy (non-hydrogen) atoms. The van der Waals surface area contributed by atoms with Crippen molar-refractivity contribution in [3.8, 4) is 0 Å². The fourth-order valence-electron chi connectivity index (χ4n) is 2.49. The van der Waals surface area contributed by atoms with Gasteiger partial charge in [0.05, 0.1) is 11.9 Å². The van der Waals surface area contributed by atoms with Crippen molar-refractivity contribution in [3.63, 3.8) is 0 Å². The van der Waals surface area contributed by atoms with Crippen molar-refractivity contribution in [1.82, 2.24) is 10.3 Å². The smallest absolute Gasteiger partial charge is 0.0582 e. The molecule has 3 heteroatoms. The van der Waals surface area contributed by atoms with E-state index in [9.17, 15) is 0 Å². The van der Waals surface area contributed by atoms with Crippen LogP contribution in [-0.2, 0) is 0 Å². The number of hydrogen-bond donors (Lipinski definition) is 1. The highest BCUT2D eigenvalue weighted by atomic mass is 15.2. The van der Waals surface area contributed by atoms with Crippen LogP contribution in [0.25, 0.3) is 0 Å². The van der Waals surface area contributed by atoms with Crippen LogP contribution in [0.1, 0.15) is 25.3 Å². The monoisotopic (exact) mass is 233 g/mol.